The zero-order valence-corrected chi connectivity index (χ0v) is 23.0. The molecule has 1 saturated carbocycles. The Morgan fingerprint density at radius 3 is 2.46 bits per heavy atom. The molecule has 0 unspecified atom stereocenters. The number of alkyl halides is 3. The lowest BCUT2D eigenvalue weighted by atomic mass is 9.79. The molecule has 1 N–H and O–H groups in total. The summed E-state index contributed by atoms with van der Waals surface area (Å²) < 4.78 is 52.5. The molecular weight excluding hydrogens is 525 g/mol. The minimum Gasteiger partial charge on any atom is -0.497 e. The Kier molecular flexibility index (Phi) is 7.46. The van der Waals surface area contributed by atoms with E-state index in [1.54, 1.807) is 42.0 Å². The first-order valence-electron chi connectivity index (χ1n) is 12.9. The van der Waals surface area contributed by atoms with E-state index in [-0.39, 0.29) is 22.8 Å². The number of hydrogen-bond donors (Lipinski definition) is 1. The summed E-state index contributed by atoms with van der Waals surface area (Å²) in [4.78, 5) is 16.3. The van der Waals surface area contributed by atoms with Gasteiger partial charge in [0.05, 0.1) is 19.8 Å². The molecule has 0 aromatic heterocycles. The smallest absolute Gasteiger partial charge is 0.417 e. The van der Waals surface area contributed by atoms with E-state index in [4.69, 9.17) is 9.47 Å². The second-order valence-corrected chi connectivity index (χ2v) is 10.9. The number of carbonyl (C=O) groups excluding carboxylic acids is 1. The highest BCUT2D eigenvalue weighted by Gasteiger charge is 2.46. The average molecular weight is 557 g/mol. The van der Waals surface area contributed by atoms with Gasteiger partial charge >= 0.3 is 12.2 Å². The molecule has 1 fully saturated rings. The van der Waals surface area contributed by atoms with Crippen molar-refractivity contribution in [2.24, 2.45) is 0 Å². The number of nitrogens with zero attached hydrogens (tertiary/aromatic N) is 1. The normalized spacial score (nSPS) is 15.9. The standard InChI is InChI=1S/C30H31F3N2O3S/c1-37-21-8-10-23(24(15-21)30(31,32)33)19-7-11-26-25(14-19)29(12-4-5-13-29)18-35(26)28(36)34-17-20-6-9-22(39-3)16-27(20)38-2/h6-11,14-16H,4-5,12-13,17-18H2,1-3H3,(H,34,36). The molecular formula is C30H31F3N2O3S. The lowest BCUT2D eigenvalue weighted by molar-refractivity contribution is -0.137. The van der Waals surface area contributed by atoms with E-state index >= 15 is 0 Å². The quantitative estimate of drug-likeness (QED) is 0.317. The van der Waals surface area contributed by atoms with Gasteiger partial charge in [0, 0.05) is 34.7 Å². The molecule has 5 nitrogen and oxygen atoms in total. The van der Waals surface area contributed by atoms with Gasteiger partial charge in [-0.2, -0.15) is 13.2 Å². The Morgan fingerprint density at radius 2 is 1.79 bits per heavy atom. The highest BCUT2D eigenvalue weighted by Crippen LogP contribution is 2.52. The van der Waals surface area contributed by atoms with Crippen molar-refractivity contribution < 1.29 is 27.4 Å². The third-order valence-electron chi connectivity index (χ3n) is 7.89. The number of carbonyl (C=O) groups is 1. The number of methoxy groups -OCH3 is 2. The molecule has 0 saturated heterocycles. The van der Waals surface area contributed by atoms with Gasteiger partial charge in [0.15, 0.2) is 0 Å². The van der Waals surface area contributed by atoms with Gasteiger partial charge in [0.2, 0.25) is 0 Å². The number of fused-ring (bicyclic) bond motifs is 2. The van der Waals surface area contributed by atoms with Gasteiger partial charge in [-0.25, -0.2) is 4.79 Å². The molecule has 39 heavy (non-hydrogen) atoms. The van der Waals surface area contributed by atoms with Gasteiger partial charge in [0.25, 0.3) is 0 Å². The predicted octanol–water partition coefficient (Wildman–Crippen LogP) is 7.65. The summed E-state index contributed by atoms with van der Waals surface area (Å²) >= 11 is 1.61. The van der Waals surface area contributed by atoms with Crippen LogP contribution in [0.4, 0.5) is 23.7 Å². The zero-order chi connectivity index (χ0) is 27.8. The van der Waals surface area contributed by atoms with E-state index in [9.17, 15) is 18.0 Å². The van der Waals surface area contributed by atoms with Gasteiger partial charge in [-0.05, 0) is 72.2 Å². The molecule has 1 aliphatic heterocycles. The fraction of sp³-hybridized carbons (Fsp3) is 0.367. The van der Waals surface area contributed by atoms with Crippen molar-refractivity contribution in [3.8, 4) is 22.6 Å². The zero-order valence-electron chi connectivity index (χ0n) is 22.2. The summed E-state index contributed by atoms with van der Waals surface area (Å²) in [5.74, 6) is 0.864. The van der Waals surface area contributed by atoms with E-state index in [0.29, 0.717) is 24.4 Å². The van der Waals surface area contributed by atoms with Crippen LogP contribution in [0.5, 0.6) is 11.5 Å². The van der Waals surface area contributed by atoms with Gasteiger partial charge in [0.1, 0.15) is 11.5 Å². The number of halogens is 3. The second kappa shape index (κ2) is 10.7. The molecule has 5 rings (SSSR count). The van der Waals surface area contributed by atoms with Crippen LogP contribution in [0, 0.1) is 0 Å². The number of ether oxygens (including phenoxy) is 2. The number of amides is 2. The topological polar surface area (TPSA) is 50.8 Å². The van der Waals surface area contributed by atoms with Crippen molar-refractivity contribution in [3.05, 3.63) is 71.3 Å². The molecule has 9 heteroatoms. The molecule has 206 valence electrons. The van der Waals surface area contributed by atoms with Crippen LogP contribution in [0.2, 0.25) is 0 Å². The maximum Gasteiger partial charge on any atom is 0.417 e. The third kappa shape index (κ3) is 5.16. The summed E-state index contributed by atoms with van der Waals surface area (Å²) in [6.07, 6.45) is 1.29. The van der Waals surface area contributed by atoms with E-state index < -0.39 is 11.7 Å². The van der Waals surface area contributed by atoms with Gasteiger partial charge in [-0.1, -0.05) is 31.0 Å². The number of rotatable bonds is 6. The van der Waals surface area contributed by atoms with Crippen LogP contribution in [0.15, 0.2) is 59.5 Å². The van der Waals surface area contributed by atoms with Crippen molar-refractivity contribution in [2.75, 3.05) is 31.9 Å². The molecule has 3 aromatic carbocycles. The van der Waals surface area contributed by atoms with Crippen molar-refractivity contribution in [2.45, 2.75) is 48.7 Å². The van der Waals surface area contributed by atoms with E-state index in [1.165, 1.54) is 13.2 Å². The summed E-state index contributed by atoms with van der Waals surface area (Å²) in [7, 11) is 2.96. The summed E-state index contributed by atoms with van der Waals surface area (Å²) in [5.41, 5.74) is 2.15. The van der Waals surface area contributed by atoms with Crippen molar-refractivity contribution in [3.63, 3.8) is 0 Å². The summed E-state index contributed by atoms with van der Waals surface area (Å²) in [6.45, 7) is 0.809. The largest absolute Gasteiger partial charge is 0.497 e. The van der Waals surface area contributed by atoms with Crippen LogP contribution in [-0.2, 0) is 18.1 Å². The SMILES string of the molecule is COc1ccc(-c2ccc3c(c2)C2(CCCC2)CN3C(=O)NCc2ccc(SC)cc2OC)c(C(F)(F)F)c1. The summed E-state index contributed by atoms with van der Waals surface area (Å²) in [5, 5.41) is 3.03. The number of hydrogen-bond acceptors (Lipinski definition) is 4. The number of nitrogens with one attached hydrogen (secondary N) is 1. The third-order valence-corrected chi connectivity index (χ3v) is 8.62. The first-order chi connectivity index (χ1) is 18.7. The van der Waals surface area contributed by atoms with Gasteiger partial charge in [-0.3, -0.25) is 4.90 Å². The Balaban J connectivity index is 1.47. The van der Waals surface area contributed by atoms with Crippen LogP contribution in [-0.4, -0.2) is 33.1 Å². The highest BCUT2D eigenvalue weighted by molar-refractivity contribution is 7.98. The summed E-state index contributed by atoms with van der Waals surface area (Å²) in [6, 6.07) is 15.0. The van der Waals surface area contributed by atoms with E-state index in [2.05, 4.69) is 5.32 Å². The predicted molar refractivity (Wildman–Crippen MR) is 148 cm³/mol. The maximum absolute atomic E-state index is 14.0. The van der Waals surface area contributed by atoms with E-state index in [0.717, 1.165) is 53.5 Å². The van der Waals surface area contributed by atoms with Gasteiger partial charge in [-0.15, -0.1) is 11.8 Å². The molecule has 1 heterocycles. The number of urea groups is 1. The van der Waals surface area contributed by atoms with Crippen LogP contribution in [0.3, 0.4) is 0 Å². The first kappa shape index (κ1) is 27.2. The first-order valence-corrected chi connectivity index (χ1v) is 14.1. The Labute approximate surface area is 230 Å². The number of anilines is 1. The Morgan fingerprint density at radius 1 is 1.03 bits per heavy atom. The fourth-order valence-corrected chi connectivity index (χ4v) is 6.33. The Bertz CT molecular complexity index is 1390. The lowest BCUT2D eigenvalue weighted by Gasteiger charge is -2.25. The molecule has 0 radical (unpaired) electrons. The van der Waals surface area contributed by atoms with Crippen LogP contribution in [0.25, 0.3) is 11.1 Å². The molecule has 1 aliphatic carbocycles. The fourth-order valence-electron chi connectivity index (χ4n) is 5.90. The lowest BCUT2D eigenvalue weighted by Crippen LogP contribution is -2.41. The molecule has 0 bridgehead atoms. The van der Waals surface area contributed by atoms with Crippen LogP contribution >= 0.6 is 11.8 Å². The van der Waals surface area contributed by atoms with Crippen LogP contribution < -0.4 is 19.7 Å². The highest BCUT2D eigenvalue weighted by atomic mass is 32.2. The molecule has 2 amide bonds. The molecule has 0 atom stereocenters. The van der Waals surface area contributed by atoms with Crippen LogP contribution in [0.1, 0.15) is 42.4 Å². The minimum atomic E-state index is -4.53. The average Bonchev–Trinajstić information content (AvgIpc) is 3.55. The monoisotopic (exact) mass is 556 g/mol. The van der Waals surface area contributed by atoms with Crippen molar-refractivity contribution >= 4 is 23.5 Å². The Hall–Kier alpha value is -3.33. The number of benzene rings is 3. The van der Waals surface area contributed by atoms with Gasteiger partial charge < -0.3 is 14.8 Å². The molecule has 1 spiro atoms. The molecule has 2 aliphatic rings. The second-order valence-electron chi connectivity index (χ2n) is 10.1. The molecule has 3 aromatic rings. The van der Waals surface area contributed by atoms with E-state index in [1.807, 2.05) is 30.5 Å². The number of thioether (sulfide) groups is 1. The van der Waals surface area contributed by atoms with Crippen molar-refractivity contribution in [1.82, 2.24) is 5.32 Å². The maximum atomic E-state index is 14.0. The minimum absolute atomic E-state index is 0.0999. The van der Waals surface area contributed by atoms with Crippen molar-refractivity contribution in [1.29, 1.82) is 0 Å².